The van der Waals surface area contributed by atoms with Gasteiger partial charge < -0.3 is 33.8 Å². The molecule has 5 atom stereocenters. The summed E-state index contributed by atoms with van der Waals surface area (Å²) in [6.45, 7) is 4.75. The lowest BCUT2D eigenvalue weighted by Crippen LogP contribution is -2.30. The molecular weight excluding hydrogens is 1280 g/mol. The quantitative estimate of drug-likeness (QED) is 0.0169. The molecule has 0 aliphatic rings. The van der Waals surface area contributed by atoms with Crippen LogP contribution >= 0.6 is 15.6 Å². The topological polar surface area (TPSA) is 237 Å². The fraction of sp³-hybridized carbons (Fsp3) is 0.797. The summed E-state index contributed by atoms with van der Waals surface area (Å²) in [5, 5.41) is 10.6. The third kappa shape index (κ3) is 70.9. The molecule has 570 valence electrons. The first-order valence-corrected chi connectivity index (χ1v) is 42.2. The van der Waals surface area contributed by atoms with Crippen LogP contribution in [0.3, 0.4) is 0 Å². The van der Waals surface area contributed by atoms with E-state index in [1.807, 2.05) is 0 Å². The van der Waals surface area contributed by atoms with E-state index in [1.165, 1.54) is 135 Å². The molecule has 0 fully saturated rings. The highest BCUT2D eigenvalue weighted by Crippen LogP contribution is 2.45. The van der Waals surface area contributed by atoms with E-state index in [9.17, 15) is 43.2 Å². The number of aliphatic hydroxyl groups is 1. The Labute approximate surface area is 596 Å². The Bertz CT molecular complexity index is 2140. The number of phosphoric ester groups is 2. The summed E-state index contributed by atoms with van der Waals surface area (Å²) in [6.07, 6.45) is 71.7. The molecule has 0 amide bonds. The van der Waals surface area contributed by atoms with Crippen LogP contribution in [0.15, 0.2) is 72.9 Å². The number of allylic oxidation sites excluding steroid dienone is 12. The van der Waals surface area contributed by atoms with Gasteiger partial charge in [-0.3, -0.25) is 37.3 Å². The fourth-order valence-electron chi connectivity index (χ4n) is 10.7. The minimum Gasteiger partial charge on any atom is -0.462 e. The molecule has 0 saturated carbocycles. The number of esters is 4. The van der Waals surface area contributed by atoms with Gasteiger partial charge in [0.15, 0.2) is 12.2 Å². The van der Waals surface area contributed by atoms with Crippen molar-refractivity contribution in [2.75, 3.05) is 39.6 Å². The Morgan fingerprint density at radius 2 is 0.531 bits per heavy atom. The SMILES string of the molecule is CC/C=C\C/C=C\C/C=C\C/C=C\C/C=C\CCCCCC(=O)OC[C@H](COP(=O)(O)OC[C@@H](O)COP(=O)(O)OC[C@@H](COC(=O)CCCCCCCCCCCCCCC)OC(=O)CCCCCCC/C=C\CCCCCC)OC(=O)CCCCCCCCCCCCCCC. The molecule has 19 heteroatoms. The second-order valence-electron chi connectivity index (χ2n) is 26.3. The summed E-state index contributed by atoms with van der Waals surface area (Å²) in [4.78, 5) is 72.9. The van der Waals surface area contributed by atoms with Crippen molar-refractivity contribution in [1.82, 2.24) is 0 Å². The lowest BCUT2D eigenvalue weighted by molar-refractivity contribution is -0.161. The van der Waals surface area contributed by atoms with Crippen LogP contribution in [0.1, 0.15) is 349 Å². The van der Waals surface area contributed by atoms with Gasteiger partial charge in [-0.05, 0) is 96.3 Å². The molecule has 0 aromatic carbocycles. The Hall–Kier alpha value is -3.50. The summed E-state index contributed by atoms with van der Waals surface area (Å²) >= 11 is 0. The maximum absolute atomic E-state index is 13.1. The van der Waals surface area contributed by atoms with Crippen molar-refractivity contribution in [3.05, 3.63) is 72.9 Å². The molecule has 0 aliphatic heterocycles. The molecule has 0 radical (unpaired) electrons. The zero-order valence-corrected chi connectivity index (χ0v) is 64.0. The van der Waals surface area contributed by atoms with E-state index in [2.05, 4.69) is 101 Å². The highest BCUT2D eigenvalue weighted by atomic mass is 31.2. The van der Waals surface area contributed by atoms with Crippen molar-refractivity contribution in [3.63, 3.8) is 0 Å². The van der Waals surface area contributed by atoms with Crippen molar-refractivity contribution in [2.45, 2.75) is 367 Å². The van der Waals surface area contributed by atoms with Crippen molar-refractivity contribution in [2.24, 2.45) is 0 Å². The Morgan fingerprint density at radius 1 is 0.296 bits per heavy atom. The van der Waals surface area contributed by atoms with Crippen LogP contribution < -0.4 is 0 Å². The second-order valence-corrected chi connectivity index (χ2v) is 29.2. The molecular formula is C79H142O17P2. The molecule has 0 saturated heterocycles. The van der Waals surface area contributed by atoms with Gasteiger partial charge in [-0.1, -0.05) is 300 Å². The number of aliphatic hydroxyl groups excluding tert-OH is 1. The van der Waals surface area contributed by atoms with Crippen LogP contribution in [0.5, 0.6) is 0 Å². The number of hydrogen-bond acceptors (Lipinski definition) is 15. The highest BCUT2D eigenvalue weighted by molar-refractivity contribution is 7.47. The predicted molar refractivity (Wildman–Crippen MR) is 400 cm³/mol. The lowest BCUT2D eigenvalue weighted by atomic mass is 10.0. The summed E-state index contributed by atoms with van der Waals surface area (Å²) in [6, 6.07) is 0. The molecule has 98 heavy (non-hydrogen) atoms. The maximum atomic E-state index is 13.1. The molecule has 3 N–H and O–H groups in total. The van der Waals surface area contributed by atoms with Gasteiger partial charge in [0.1, 0.15) is 19.3 Å². The summed E-state index contributed by atoms with van der Waals surface area (Å²) in [5.41, 5.74) is 0. The van der Waals surface area contributed by atoms with E-state index in [-0.39, 0.29) is 25.7 Å². The van der Waals surface area contributed by atoms with Crippen molar-refractivity contribution in [1.29, 1.82) is 0 Å². The first kappa shape index (κ1) is 94.5. The normalized spacial score (nSPS) is 14.3. The molecule has 0 aromatic heterocycles. The van der Waals surface area contributed by atoms with Crippen LogP contribution in [-0.2, 0) is 65.4 Å². The zero-order valence-electron chi connectivity index (χ0n) is 62.2. The third-order valence-corrected chi connectivity index (χ3v) is 18.6. The average Bonchev–Trinajstić information content (AvgIpc) is 0.966. The number of carbonyl (C=O) groups excluding carboxylic acids is 4. The lowest BCUT2D eigenvalue weighted by Gasteiger charge is -2.21. The van der Waals surface area contributed by atoms with Gasteiger partial charge in [-0.2, -0.15) is 0 Å². The van der Waals surface area contributed by atoms with E-state index >= 15 is 0 Å². The second kappa shape index (κ2) is 71.9. The maximum Gasteiger partial charge on any atom is 0.472 e. The number of phosphoric acid groups is 2. The number of carbonyl (C=O) groups is 4. The van der Waals surface area contributed by atoms with Crippen LogP contribution in [0.25, 0.3) is 0 Å². The minimum atomic E-state index is -4.98. The first-order chi connectivity index (χ1) is 47.7. The van der Waals surface area contributed by atoms with Gasteiger partial charge in [0.2, 0.25) is 0 Å². The van der Waals surface area contributed by atoms with E-state index in [0.29, 0.717) is 25.7 Å². The Kier molecular flexibility index (Phi) is 69.3. The van der Waals surface area contributed by atoms with Gasteiger partial charge in [0.25, 0.3) is 0 Å². The van der Waals surface area contributed by atoms with Gasteiger partial charge in [0, 0.05) is 25.7 Å². The van der Waals surface area contributed by atoms with E-state index in [0.717, 1.165) is 135 Å². The largest absolute Gasteiger partial charge is 0.472 e. The molecule has 0 heterocycles. The zero-order chi connectivity index (χ0) is 71.8. The Balaban J connectivity index is 5.33. The van der Waals surface area contributed by atoms with Gasteiger partial charge in [0.05, 0.1) is 26.4 Å². The van der Waals surface area contributed by atoms with Crippen LogP contribution in [-0.4, -0.2) is 96.7 Å². The number of hydrogen-bond donors (Lipinski definition) is 3. The molecule has 17 nitrogen and oxygen atoms in total. The molecule has 0 rings (SSSR count). The van der Waals surface area contributed by atoms with Crippen LogP contribution in [0.2, 0.25) is 0 Å². The molecule has 0 spiro atoms. The smallest absolute Gasteiger partial charge is 0.462 e. The number of unbranched alkanes of at least 4 members (excludes halogenated alkanes) is 36. The monoisotopic (exact) mass is 1420 g/mol. The minimum absolute atomic E-state index is 0.0894. The van der Waals surface area contributed by atoms with E-state index in [1.54, 1.807) is 0 Å². The fourth-order valence-corrected chi connectivity index (χ4v) is 12.3. The van der Waals surface area contributed by atoms with Crippen LogP contribution in [0.4, 0.5) is 0 Å². The van der Waals surface area contributed by atoms with E-state index < -0.39 is 97.5 Å². The Morgan fingerprint density at radius 3 is 0.847 bits per heavy atom. The van der Waals surface area contributed by atoms with E-state index in [4.69, 9.17) is 37.0 Å². The van der Waals surface area contributed by atoms with Crippen molar-refractivity contribution < 1.29 is 80.2 Å². The molecule has 2 unspecified atom stereocenters. The van der Waals surface area contributed by atoms with Crippen LogP contribution in [0, 0.1) is 0 Å². The number of rotatable bonds is 74. The molecule has 0 bridgehead atoms. The number of ether oxygens (including phenoxy) is 4. The summed E-state index contributed by atoms with van der Waals surface area (Å²) in [5.74, 6) is -2.19. The highest BCUT2D eigenvalue weighted by Gasteiger charge is 2.30. The average molecular weight is 1430 g/mol. The third-order valence-electron chi connectivity index (χ3n) is 16.7. The predicted octanol–water partition coefficient (Wildman–Crippen LogP) is 22.4. The molecule has 0 aromatic rings. The van der Waals surface area contributed by atoms with Gasteiger partial charge in [-0.15, -0.1) is 0 Å². The van der Waals surface area contributed by atoms with Gasteiger partial charge >= 0.3 is 39.5 Å². The van der Waals surface area contributed by atoms with Gasteiger partial charge in [-0.25, -0.2) is 9.13 Å². The van der Waals surface area contributed by atoms with Crippen molar-refractivity contribution >= 4 is 39.5 Å². The van der Waals surface area contributed by atoms with Crippen molar-refractivity contribution in [3.8, 4) is 0 Å². The summed E-state index contributed by atoms with van der Waals surface area (Å²) in [7, 11) is -9.94. The molecule has 0 aliphatic carbocycles. The standard InChI is InChI=1S/C79H142O17P2/c1-5-9-13-17-21-25-29-33-34-35-36-37-38-42-44-48-52-56-60-64-77(82)90-70-75(96-79(84)66-62-58-54-50-46-41-32-28-24-20-16-12-8-4)72-94-98(87,88)92-68-73(80)67-91-97(85,86)93-71-74(95-78(83)65-61-57-53-49-45-40-31-27-23-19-15-11-7-3)69-89-76(81)63-59-55-51-47-43-39-30-26-22-18-14-10-6-2/h9,13,21,25,27,31,33-34,36-37,42,44,73-75,80H,5-8,10-12,14-20,22-24,26,28-30,32,35,38-41,43,45-72H2,1-4H3,(H,85,86)(H,87,88)/b13-9-,25-21-,31-27-,34-33-,37-36-,44-42-/t73-,74+,75+/m0/s1. The first-order valence-electron chi connectivity index (χ1n) is 39.2. The summed E-state index contributed by atoms with van der Waals surface area (Å²) < 4.78 is 68.5.